The van der Waals surface area contributed by atoms with Crippen molar-refractivity contribution in [3.8, 4) is 0 Å². The second-order valence-corrected chi connectivity index (χ2v) is 6.30. The first-order valence-corrected chi connectivity index (χ1v) is 8.51. The standard InChI is InChI=1S/C23H17Cl/c24-23-21(18-12-6-2-7-13-18)16-20(17-10-4-1-5-11-17)22(23)19-14-8-3-9-15-19/h1-15H,16H2. The first-order valence-electron chi connectivity index (χ1n) is 8.13. The zero-order chi connectivity index (χ0) is 16.4. The average molecular weight is 329 g/mol. The van der Waals surface area contributed by atoms with Crippen LogP contribution < -0.4 is 0 Å². The van der Waals surface area contributed by atoms with Gasteiger partial charge in [0.1, 0.15) is 0 Å². The lowest BCUT2D eigenvalue weighted by molar-refractivity contribution is 1.42. The maximum absolute atomic E-state index is 6.88. The first kappa shape index (κ1) is 15.0. The molecule has 3 aromatic carbocycles. The lowest BCUT2D eigenvalue weighted by Gasteiger charge is -2.09. The number of rotatable bonds is 3. The van der Waals surface area contributed by atoms with E-state index in [1.165, 1.54) is 27.8 Å². The van der Waals surface area contributed by atoms with Gasteiger partial charge < -0.3 is 0 Å². The number of allylic oxidation sites excluding steroid dienone is 4. The molecule has 0 fully saturated rings. The smallest absolute Gasteiger partial charge is 0.0528 e. The minimum Gasteiger partial charge on any atom is -0.0833 e. The van der Waals surface area contributed by atoms with E-state index in [0.29, 0.717) is 0 Å². The number of hydrogen-bond acceptors (Lipinski definition) is 0. The second kappa shape index (κ2) is 6.51. The predicted octanol–water partition coefficient (Wildman–Crippen LogP) is 6.65. The maximum atomic E-state index is 6.88. The molecule has 4 rings (SSSR count). The Labute approximate surface area is 147 Å². The van der Waals surface area contributed by atoms with Crippen LogP contribution in [-0.2, 0) is 0 Å². The van der Waals surface area contributed by atoms with Gasteiger partial charge >= 0.3 is 0 Å². The molecular weight excluding hydrogens is 312 g/mol. The van der Waals surface area contributed by atoms with Gasteiger partial charge in [-0.2, -0.15) is 0 Å². The topological polar surface area (TPSA) is 0 Å². The van der Waals surface area contributed by atoms with E-state index in [-0.39, 0.29) is 0 Å². The minimum atomic E-state index is 0.858. The molecule has 0 saturated carbocycles. The van der Waals surface area contributed by atoms with Crippen LogP contribution >= 0.6 is 11.6 Å². The molecule has 1 aliphatic carbocycles. The summed E-state index contributed by atoms with van der Waals surface area (Å²) in [7, 11) is 0. The SMILES string of the molecule is ClC1=C(c2ccccc2)CC(c2ccccc2)=C1c1ccccc1. The van der Waals surface area contributed by atoms with Gasteiger partial charge in [0.05, 0.1) is 5.03 Å². The van der Waals surface area contributed by atoms with Crippen LogP contribution in [0.1, 0.15) is 23.1 Å². The lowest BCUT2D eigenvalue weighted by Crippen LogP contribution is -1.87. The van der Waals surface area contributed by atoms with Crippen molar-refractivity contribution < 1.29 is 0 Å². The van der Waals surface area contributed by atoms with Crippen molar-refractivity contribution in [2.45, 2.75) is 6.42 Å². The van der Waals surface area contributed by atoms with E-state index >= 15 is 0 Å². The Hall–Kier alpha value is -2.57. The van der Waals surface area contributed by atoms with Gasteiger partial charge in [-0.15, -0.1) is 0 Å². The van der Waals surface area contributed by atoms with E-state index < -0.39 is 0 Å². The van der Waals surface area contributed by atoms with Crippen LogP contribution in [0, 0.1) is 0 Å². The molecule has 0 nitrogen and oxygen atoms in total. The number of hydrogen-bond donors (Lipinski definition) is 0. The summed E-state index contributed by atoms with van der Waals surface area (Å²) >= 11 is 6.88. The van der Waals surface area contributed by atoms with E-state index in [2.05, 4.69) is 72.8 Å². The van der Waals surface area contributed by atoms with E-state index in [4.69, 9.17) is 11.6 Å². The van der Waals surface area contributed by atoms with Crippen LogP contribution in [0.15, 0.2) is 96.0 Å². The molecule has 0 unspecified atom stereocenters. The molecule has 0 atom stereocenters. The summed E-state index contributed by atoms with van der Waals surface area (Å²) < 4.78 is 0. The van der Waals surface area contributed by atoms with Crippen LogP contribution in [0.2, 0.25) is 0 Å². The molecule has 3 aromatic rings. The molecule has 1 heteroatoms. The summed E-state index contributed by atoms with van der Waals surface area (Å²) in [6, 6.07) is 31.4. The summed E-state index contributed by atoms with van der Waals surface area (Å²) in [6.45, 7) is 0. The van der Waals surface area contributed by atoms with Crippen molar-refractivity contribution in [2.75, 3.05) is 0 Å². The van der Waals surface area contributed by atoms with Crippen LogP contribution in [0.25, 0.3) is 16.7 Å². The molecule has 24 heavy (non-hydrogen) atoms. The van der Waals surface area contributed by atoms with Crippen LogP contribution in [0.4, 0.5) is 0 Å². The highest BCUT2D eigenvalue weighted by atomic mass is 35.5. The second-order valence-electron chi connectivity index (χ2n) is 5.92. The van der Waals surface area contributed by atoms with Crippen molar-refractivity contribution in [3.63, 3.8) is 0 Å². The largest absolute Gasteiger partial charge is 0.0833 e. The molecule has 0 bridgehead atoms. The van der Waals surface area contributed by atoms with Gasteiger partial charge in [-0.1, -0.05) is 103 Å². The predicted molar refractivity (Wildman–Crippen MR) is 104 cm³/mol. The highest BCUT2D eigenvalue weighted by molar-refractivity contribution is 6.43. The molecule has 1 aliphatic rings. The van der Waals surface area contributed by atoms with Gasteiger partial charge in [-0.3, -0.25) is 0 Å². The van der Waals surface area contributed by atoms with Crippen LogP contribution in [0.5, 0.6) is 0 Å². The van der Waals surface area contributed by atoms with E-state index in [1.807, 2.05) is 18.2 Å². The molecule has 0 aliphatic heterocycles. The zero-order valence-corrected chi connectivity index (χ0v) is 14.0. The highest BCUT2D eigenvalue weighted by Gasteiger charge is 2.26. The van der Waals surface area contributed by atoms with Gasteiger partial charge in [0.2, 0.25) is 0 Å². The molecule has 0 saturated heterocycles. The quantitative estimate of drug-likeness (QED) is 0.505. The molecule has 0 heterocycles. The normalized spacial score (nSPS) is 14.4. The van der Waals surface area contributed by atoms with E-state index in [1.54, 1.807) is 0 Å². The summed E-state index contributed by atoms with van der Waals surface area (Å²) in [5.41, 5.74) is 7.26. The molecule has 0 amide bonds. The van der Waals surface area contributed by atoms with Gasteiger partial charge in [-0.05, 0) is 27.8 Å². The van der Waals surface area contributed by atoms with Crippen molar-refractivity contribution >= 4 is 28.3 Å². The Kier molecular flexibility index (Phi) is 4.06. The monoisotopic (exact) mass is 328 g/mol. The van der Waals surface area contributed by atoms with Gasteiger partial charge in [0.25, 0.3) is 0 Å². The van der Waals surface area contributed by atoms with Gasteiger partial charge in [0.15, 0.2) is 0 Å². The fourth-order valence-electron chi connectivity index (χ4n) is 3.29. The van der Waals surface area contributed by atoms with Crippen molar-refractivity contribution in [1.82, 2.24) is 0 Å². The first-order chi connectivity index (χ1) is 11.8. The van der Waals surface area contributed by atoms with Crippen molar-refractivity contribution in [3.05, 3.63) is 113 Å². The summed E-state index contributed by atoms with van der Waals surface area (Å²) in [5, 5.41) is 0.867. The summed E-state index contributed by atoms with van der Waals surface area (Å²) in [6.07, 6.45) is 0.858. The number of benzene rings is 3. The Bertz CT molecular complexity index is 904. The highest BCUT2D eigenvalue weighted by Crippen LogP contribution is 2.48. The summed E-state index contributed by atoms with van der Waals surface area (Å²) in [5.74, 6) is 0. The molecule has 0 radical (unpaired) electrons. The molecule has 0 spiro atoms. The Balaban J connectivity index is 1.89. The molecular formula is C23H17Cl. The molecule has 116 valence electrons. The fourth-order valence-corrected chi connectivity index (χ4v) is 3.68. The minimum absolute atomic E-state index is 0.858. The van der Waals surface area contributed by atoms with Gasteiger partial charge in [-0.25, -0.2) is 0 Å². The third kappa shape index (κ3) is 2.70. The number of halogens is 1. The van der Waals surface area contributed by atoms with E-state index in [0.717, 1.165) is 17.0 Å². The third-order valence-electron chi connectivity index (χ3n) is 4.45. The summed E-state index contributed by atoms with van der Waals surface area (Å²) in [4.78, 5) is 0. The van der Waals surface area contributed by atoms with Crippen molar-refractivity contribution in [1.29, 1.82) is 0 Å². The van der Waals surface area contributed by atoms with Gasteiger partial charge in [0, 0.05) is 12.0 Å². The Morgan fingerprint density at radius 2 is 0.917 bits per heavy atom. The maximum Gasteiger partial charge on any atom is 0.0528 e. The van der Waals surface area contributed by atoms with E-state index in [9.17, 15) is 0 Å². The average Bonchev–Trinajstić information content (AvgIpc) is 3.01. The zero-order valence-electron chi connectivity index (χ0n) is 13.2. The third-order valence-corrected chi connectivity index (χ3v) is 4.86. The van der Waals surface area contributed by atoms with Crippen molar-refractivity contribution in [2.24, 2.45) is 0 Å². The fraction of sp³-hybridized carbons (Fsp3) is 0.0435. The van der Waals surface area contributed by atoms with Crippen LogP contribution in [0.3, 0.4) is 0 Å². The Morgan fingerprint density at radius 1 is 0.500 bits per heavy atom. The lowest BCUT2D eigenvalue weighted by atomic mass is 9.96. The molecule has 0 aromatic heterocycles. The Morgan fingerprint density at radius 3 is 1.42 bits per heavy atom. The van der Waals surface area contributed by atoms with Crippen LogP contribution in [-0.4, -0.2) is 0 Å². The molecule has 0 N–H and O–H groups in total.